The number of aryl methyl sites for hydroxylation is 1. The number of anilines is 1. The third kappa shape index (κ3) is 3.52. The first-order valence-corrected chi connectivity index (χ1v) is 8.16. The minimum absolute atomic E-state index is 0.00196. The molecule has 0 amide bonds. The number of hydrogen-bond donors (Lipinski definition) is 1. The lowest BCUT2D eigenvalue weighted by atomic mass is 10.6. The molecule has 2 rings (SSSR count). The van der Waals surface area contributed by atoms with Crippen molar-refractivity contribution in [2.24, 2.45) is 0 Å². The minimum Gasteiger partial charge on any atom is -0.481 e. The summed E-state index contributed by atoms with van der Waals surface area (Å²) in [7, 11) is -1.10. The van der Waals surface area contributed by atoms with E-state index in [1.54, 1.807) is 6.92 Å². The molecule has 0 saturated heterocycles. The Hall–Kier alpha value is -1.65. The molecule has 114 valence electrons. The summed E-state index contributed by atoms with van der Waals surface area (Å²) in [5.74, 6) is 0.160. The van der Waals surface area contributed by atoms with E-state index in [0.717, 1.165) is 11.3 Å². The van der Waals surface area contributed by atoms with Crippen LogP contribution in [0, 0.1) is 6.92 Å². The SMILES string of the molecule is COc1cc(OC)nc(NS(=O)(=O)c2sc(Cl)nc2C)n1. The lowest BCUT2D eigenvalue weighted by molar-refractivity contribution is 0.373. The molecule has 0 bridgehead atoms. The Balaban J connectivity index is 2.39. The Morgan fingerprint density at radius 1 is 1.19 bits per heavy atom. The summed E-state index contributed by atoms with van der Waals surface area (Å²) >= 11 is 6.56. The van der Waals surface area contributed by atoms with Crippen molar-refractivity contribution in [3.8, 4) is 11.8 Å². The maximum atomic E-state index is 12.3. The molecule has 0 radical (unpaired) electrons. The molecule has 0 fully saturated rings. The van der Waals surface area contributed by atoms with Crippen molar-refractivity contribution in [3.05, 3.63) is 16.2 Å². The van der Waals surface area contributed by atoms with Gasteiger partial charge in [0.1, 0.15) is 0 Å². The van der Waals surface area contributed by atoms with Crippen LogP contribution in [0.1, 0.15) is 5.69 Å². The van der Waals surface area contributed by atoms with E-state index in [1.165, 1.54) is 20.3 Å². The van der Waals surface area contributed by atoms with Crippen LogP contribution in [0.25, 0.3) is 0 Å². The van der Waals surface area contributed by atoms with Gasteiger partial charge in [-0.3, -0.25) is 0 Å². The van der Waals surface area contributed by atoms with Gasteiger partial charge in [-0.1, -0.05) is 22.9 Å². The first kappa shape index (κ1) is 15.7. The lowest BCUT2D eigenvalue weighted by Gasteiger charge is -2.08. The summed E-state index contributed by atoms with van der Waals surface area (Å²) in [6.07, 6.45) is 0. The maximum Gasteiger partial charge on any atom is 0.275 e. The van der Waals surface area contributed by atoms with Crippen molar-refractivity contribution in [3.63, 3.8) is 0 Å². The fraction of sp³-hybridized carbons (Fsp3) is 0.300. The summed E-state index contributed by atoms with van der Waals surface area (Å²) in [6.45, 7) is 1.55. The number of halogens is 1. The largest absolute Gasteiger partial charge is 0.481 e. The molecule has 0 unspecified atom stereocenters. The number of aromatic nitrogens is 3. The summed E-state index contributed by atoms with van der Waals surface area (Å²) in [5, 5.41) is 0. The van der Waals surface area contributed by atoms with Crippen LogP contribution in [0.15, 0.2) is 10.3 Å². The van der Waals surface area contributed by atoms with Gasteiger partial charge in [0.05, 0.1) is 26.0 Å². The van der Waals surface area contributed by atoms with E-state index in [9.17, 15) is 8.42 Å². The quantitative estimate of drug-likeness (QED) is 0.875. The third-order valence-corrected chi connectivity index (χ3v) is 5.49. The van der Waals surface area contributed by atoms with E-state index in [1.807, 2.05) is 0 Å². The highest BCUT2D eigenvalue weighted by Gasteiger charge is 2.23. The number of nitrogens with zero attached hydrogens (tertiary/aromatic N) is 3. The average molecular weight is 351 g/mol. The lowest BCUT2D eigenvalue weighted by Crippen LogP contribution is -2.15. The minimum atomic E-state index is -3.89. The average Bonchev–Trinajstić information content (AvgIpc) is 2.77. The van der Waals surface area contributed by atoms with Crippen molar-refractivity contribution in [1.29, 1.82) is 0 Å². The van der Waals surface area contributed by atoms with Crippen LogP contribution in [0.5, 0.6) is 11.8 Å². The van der Waals surface area contributed by atoms with Crippen LogP contribution < -0.4 is 14.2 Å². The molecule has 8 nitrogen and oxygen atoms in total. The molecule has 0 saturated carbocycles. The molecule has 0 atom stereocenters. The van der Waals surface area contributed by atoms with Crippen molar-refractivity contribution in [1.82, 2.24) is 15.0 Å². The maximum absolute atomic E-state index is 12.3. The third-order valence-electron chi connectivity index (χ3n) is 2.30. The second-order valence-electron chi connectivity index (χ2n) is 3.72. The van der Waals surface area contributed by atoms with Crippen LogP contribution in [0.3, 0.4) is 0 Å². The van der Waals surface area contributed by atoms with Gasteiger partial charge in [-0.05, 0) is 6.92 Å². The van der Waals surface area contributed by atoms with Crippen molar-refractivity contribution in [2.45, 2.75) is 11.1 Å². The molecule has 2 aromatic heterocycles. The molecule has 0 spiro atoms. The van der Waals surface area contributed by atoms with E-state index in [4.69, 9.17) is 21.1 Å². The number of hydrogen-bond acceptors (Lipinski definition) is 8. The predicted molar refractivity (Wildman–Crippen MR) is 77.8 cm³/mol. The zero-order chi connectivity index (χ0) is 15.6. The Morgan fingerprint density at radius 2 is 1.76 bits per heavy atom. The number of thiazole rings is 1. The molecule has 0 aromatic carbocycles. The van der Waals surface area contributed by atoms with Crippen molar-refractivity contribution >= 4 is 38.9 Å². The van der Waals surface area contributed by atoms with E-state index in [0.29, 0.717) is 5.69 Å². The number of methoxy groups -OCH3 is 2. The van der Waals surface area contributed by atoms with Gasteiger partial charge >= 0.3 is 0 Å². The first-order valence-electron chi connectivity index (χ1n) is 5.48. The van der Waals surface area contributed by atoms with Crippen molar-refractivity contribution in [2.75, 3.05) is 18.9 Å². The highest BCUT2D eigenvalue weighted by atomic mass is 35.5. The zero-order valence-corrected chi connectivity index (χ0v) is 13.6. The summed E-state index contributed by atoms with van der Waals surface area (Å²) in [5.41, 5.74) is 0.298. The standard InChI is InChI=1S/C10H11ClN4O4S2/c1-5-8(20-9(11)12-5)21(16,17)15-10-13-6(18-2)4-7(14-10)19-3/h4H,1-3H3,(H,13,14,15). The van der Waals surface area contributed by atoms with E-state index in [2.05, 4.69) is 19.7 Å². The fourth-order valence-corrected chi connectivity index (χ4v) is 4.11. The van der Waals surface area contributed by atoms with E-state index < -0.39 is 10.0 Å². The van der Waals surface area contributed by atoms with E-state index in [-0.39, 0.29) is 26.4 Å². The monoisotopic (exact) mass is 350 g/mol. The molecule has 21 heavy (non-hydrogen) atoms. The van der Waals surface area contributed by atoms with Crippen LogP contribution >= 0.6 is 22.9 Å². The number of nitrogens with one attached hydrogen (secondary N) is 1. The van der Waals surface area contributed by atoms with Crippen LogP contribution in [0.2, 0.25) is 4.47 Å². The van der Waals surface area contributed by atoms with Crippen molar-refractivity contribution < 1.29 is 17.9 Å². The highest BCUT2D eigenvalue weighted by Crippen LogP contribution is 2.28. The molecule has 1 N–H and O–H groups in total. The van der Waals surface area contributed by atoms with Gasteiger partial charge < -0.3 is 9.47 Å². The molecule has 2 aromatic rings. The van der Waals surface area contributed by atoms with Gasteiger partial charge in [-0.25, -0.2) is 18.1 Å². The van der Waals surface area contributed by atoms with Gasteiger partial charge in [0.15, 0.2) is 8.68 Å². The Labute approximate surface area is 130 Å². The second-order valence-corrected chi connectivity index (χ2v) is 7.18. The van der Waals surface area contributed by atoms with Gasteiger partial charge in [-0.15, -0.1) is 0 Å². The Bertz CT molecular complexity index is 740. The van der Waals surface area contributed by atoms with Crippen LogP contribution in [0.4, 0.5) is 5.95 Å². The topological polar surface area (TPSA) is 103 Å². The molecule has 11 heteroatoms. The molecular formula is C10H11ClN4O4S2. The number of rotatable bonds is 5. The number of ether oxygens (including phenoxy) is 2. The normalized spacial score (nSPS) is 11.2. The van der Waals surface area contributed by atoms with Gasteiger partial charge in [0.25, 0.3) is 10.0 Å². The summed E-state index contributed by atoms with van der Waals surface area (Å²) < 4.78 is 36.8. The molecule has 2 heterocycles. The van der Waals surface area contributed by atoms with Crippen LogP contribution in [-0.2, 0) is 10.0 Å². The zero-order valence-electron chi connectivity index (χ0n) is 11.2. The number of sulfonamides is 1. The van der Waals surface area contributed by atoms with Gasteiger partial charge in [-0.2, -0.15) is 9.97 Å². The first-order chi connectivity index (χ1) is 9.85. The van der Waals surface area contributed by atoms with Gasteiger partial charge in [0, 0.05) is 0 Å². The Morgan fingerprint density at radius 3 is 2.19 bits per heavy atom. The van der Waals surface area contributed by atoms with E-state index >= 15 is 0 Å². The Kier molecular flexibility index (Phi) is 4.49. The summed E-state index contributed by atoms with van der Waals surface area (Å²) in [4.78, 5) is 11.7. The second kappa shape index (κ2) is 6.00. The molecule has 0 aliphatic carbocycles. The predicted octanol–water partition coefficient (Wildman–Crippen LogP) is 1.71. The fourth-order valence-electron chi connectivity index (χ4n) is 1.43. The summed E-state index contributed by atoms with van der Waals surface area (Å²) in [6, 6.07) is 1.42. The smallest absolute Gasteiger partial charge is 0.275 e. The molecular weight excluding hydrogens is 340 g/mol. The van der Waals surface area contributed by atoms with Crippen LogP contribution in [-0.4, -0.2) is 37.6 Å². The molecule has 0 aliphatic heterocycles. The molecule has 0 aliphatic rings. The highest BCUT2D eigenvalue weighted by molar-refractivity contribution is 7.94. The van der Waals surface area contributed by atoms with Gasteiger partial charge in [0.2, 0.25) is 17.7 Å².